The van der Waals surface area contributed by atoms with Crippen molar-refractivity contribution in [3.05, 3.63) is 41.0 Å². The summed E-state index contributed by atoms with van der Waals surface area (Å²) in [5.41, 5.74) is 3.58. The highest BCUT2D eigenvalue weighted by Crippen LogP contribution is 2.42. The van der Waals surface area contributed by atoms with Gasteiger partial charge in [-0.15, -0.1) is 0 Å². The molecule has 0 unspecified atom stereocenters. The molecule has 9 nitrogen and oxygen atoms in total. The fourth-order valence-corrected chi connectivity index (χ4v) is 5.41. The van der Waals surface area contributed by atoms with Gasteiger partial charge in [-0.2, -0.15) is 13.2 Å². The van der Waals surface area contributed by atoms with Gasteiger partial charge >= 0.3 is 12.1 Å². The van der Waals surface area contributed by atoms with Gasteiger partial charge in [-0.1, -0.05) is 13.8 Å². The van der Waals surface area contributed by atoms with Crippen molar-refractivity contribution in [3.8, 4) is 0 Å². The average molecular weight is 539 g/mol. The molecule has 38 heavy (non-hydrogen) atoms. The Morgan fingerprint density at radius 1 is 1.08 bits per heavy atom. The van der Waals surface area contributed by atoms with E-state index in [0.717, 1.165) is 44.0 Å². The third-order valence-electron chi connectivity index (χ3n) is 7.01. The normalized spacial score (nSPS) is 17.4. The largest absolute Gasteiger partial charge is 0.490 e. The maximum Gasteiger partial charge on any atom is 0.490 e. The van der Waals surface area contributed by atoms with E-state index in [2.05, 4.69) is 54.1 Å². The van der Waals surface area contributed by atoms with E-state index < -0.39 is 12.1 Å². The molecule has 1 spiro atoms. The van der Waals surface area contributed by atoms with Crippen LogP contribution in [0.1, 0.15) is 80.0 Å². The highest BCUT2D eigenvalue weighted by atomic mass is 19.4. The number of likely N-dealkylation sites (tertiary alicyclic amines) is 1. The van der Waals surface area contributed by atoms with Crippen LogP contribution >= 0.6 is 0 Å². The average Bonchev–Trinajstić information content (AvgIpc) is 3.17. The van der Waals surface area contributed by atoms with Crippen LogP contribution in [-0.4, -0.2) is 78.7 Å². The number of imidazole rings is 1. The molecule has 1 amide bonds. The lowest BCUT2D eigenvalue weighted by molar-refractivity contribution is -0.192. The first-order valence-corrected chi connectivity index (χ1v) is 12.8. The third kappa shape index (κ3) is 6.51. The molecule has 210 valence electrons. The van der Waals surface area contributed by atoms with Gasteiger partial charge in [0.05, 0.1) is 29.8 Å². The fraction of sp³-hybridized carbons (Fsp3) is 0.654. The van der Waals surface area contributed by atoms with Crippen LogP contribution in [-0.2, 0) is 16.8 Å². The molecule has 12 heteroatoms. The summed E-state index contributed by atoms with van der Waals surface area (Å²) in [6.07, 6.45) is 0.261. The SMILES string of the molecule is Cc1cnc(C(=O)N2Cc3c(nc(C)n3C(C)C)C3(CCN(CC(C)C)CC3)C2)cn1.O=C(O)C(F)(F)F. The summed E-state index contributed by atoms with van der Waals surface area (Å²) in [6, 6.07) is 0.309. The first kappa shape index (κ1) is 29.5. The Labute approximate surface area is 221 Å². The van der Waals surface area contributed by atoms with Crippen molar-refractivity contribution >= 4 is 11.9 Å². The number of nitrogens with zero attached hydrogens (tertiary/aromatic N) is 6. The second-order valence-corrected chi connectivity index (χ2v) is 10.9. The van der Waals surface area contributed by atoms with Gasteiger partial charge in [-0.05, 0) is 59.5 Å². The Morgan fingerprint density at radius 2 is 1.68 bits per heavy atom. The van der Waals surface area contributed by atoms with Crippen LogP contribution in [0.5, 0.6) is 0 Å². The summed E-state index contributed by atoms with van der Waals surface area (Å²) in [6.45, 7) is 17.4. The highest BCUT2D eigenvalue weighted by molar-refractivity contribution is 5.92. The van der Waals surface area contributed by atoms with Gasteiger partial charge in [-0.25, -0.2) is 14.8 Å². The Morgan fingerprint density at radius 3 is 2.16 bits per heavy atom. The molecule has 4 rings (SSSR count). The number of hydrogen-bond donors (Lipinski definition) is 1. The zero-order valence-electron chi connectivity index (χ0n) is 22.8. The van der Waals surface area contributed by atoms with E-state index in [1.165, 1.54) is 11.4 Å². The molecule has 0 aliphatic carbocycles. The van der Waals surface area contributed by atoms with Crippen LogP contribution in [0.15, 0.2) is 12.4 Å². The van der Waals surface area contributed by atoms with Crippen LogP contribution < -0.4 is 0 Å². The summed E-state index contributed by atoms with van der Waals surface area (Å²) in [5, 5.41) is 7.12. The molecular weight excluding hydrogens is 501 g/mol. The van der Waals surface area contributed by atoms with Crippen molar-refractivity contribution in [1.82, 2.24) is 29.3 Å². The van der Waals surface area contributed by atoms with Crippen molar-refractivity contribution in [3.63, 3.8) is 0 Å². The molecule has 4 heterocycles. The molecule has 2 aromatic heterocycles. The van der Waals surface area contributed by atoms with Crippen LogP contribution in [0.3, 0.4) is 0 Å². The van der Waals surface area contributed by atoms with Crippen LogP contribution in [0.2, 0.25) is 0 Å². The van der Waals surface area contributed by atoms with Gasteiger partial charge in [0.25, 0.3) is 5.91 Å². The minimum atomic E-state index is -5.08. The lowest BCUT2D eigenvalue weighted by atomic mass is 9.72. The van der Waals surface area contributed by atoms with E-state index in [4.69, 9.17) is 14.9 Å². The lowest BCUT2D eigenvalue weighted by Gasteiger charge is -2.47. The third-order valence-corrected chi connectivity index (χ3v) is 7.01. The zero-order valence-corrected chi connectivity index (χ0v) is 22.8. The maximum atomic E-state index is 13.4. The predicted octanol–water partition coefficient (Wildman–Crippen LogP) is 4.15. The first-order valence-electron chi connectivity index (χ1n) is 12.8. The van der Waals surface area contributed by atoms with Crippen LogP contribution in [0, 0.1) is 19.8 Å². The number of alkyl halides is 3. The molecule has 0 radical (unpaired) electrons. The van der Waals surface area contributed by atoms with Gasteiger partial charge in [0.15, 0.2) is 0 Å². The first-order chi connectivity index (χ1) is 17.6. The number of aromatic nitrogens is 4. The highest BCUT2D eigenvalue weighted by Gasteiger charge is 2.46. The minimum Gasteiger partial charge on any atom is -0.475 e. The fourth-order valence-electron chi connectivity index (χ4n) is 5.41. The number of aryl methyl sites for hydroxylation is 2. The van der Waals surface area contributed by atoms with Gasteiger partial charge in [0.1, 0.15) is 11.5 Å². The number of piperidine rings is 1. The number of aliphatic carboxylic acids is 1. The molecule has 0 saturated carbocycles. The Hall–Kier alpha value is -3.02. The number of carboxylic acid groups (broad SMARTS) is 1. The van der Waals surface area contributed by atoms with Crippen LogP contribution in [0.25, 0.3) is 0 Å². The standard InChI is InChI=1S/C24H36N6O.C2HF3O2/c1-16(2)13-28-9-7-24(8-10-28)15-29(23(31)20-12-25-18(5)11-26-20)14-21-22(24)27-19(6)30(21)17(3)4;3-2(4,5)1(6)7/h11-12,16-17H,7-10,13-15H2,1-6H3;(H,6,7). The summed E-state index contributed by atoms with van der Waals surface area (Å²) in [4.78, 5) is 40.6. The lowest BCUT2D eigenvalue weighted by Crippen LogP contribution is -2.54. The summed E-state index contributed by atoms with van der Waals surface area (Å²) in [7, 11) is 0. The van der Waals surface area contributed by atoms with Crippen molar-refractivity contribution < 1.29 is 27.9 Å². The van der Waals surface area contributed by atoms with E-state index in [0.29, 0.717) is 30.7 Å². The molecule has 1 saturated heterocycles. The molecule has 2 aliphatic rings. The molecule has 2 aromatic rings. The van der Waals surface area contributed by atoms with Crippen molar-refractivity contribution in [1.29, 1.82) is 0 Å². The van der Waals surface area contributed by atoms with Gasteiger partial charge in [-0.3, -0.25) is 9.78 Å². The molecular formula is C26H37F3N6O3. The van der Waals surface area contributed by atoms with E-state index >= 15 is 0 Å². The second kappa shape index (κ2) is 11.4. The van der Waals surface area contributed by atoms with E-state index in [1.54, 1.807) is 12.4 Å². The number of fused-ring (bicyclic) bond motifs is 2. The molecule has 2 aliphatic heterocycles. The molecule has 0 atom stereocenters. The number of amides is 1. The van der Waals surface area contributed by atoms with E-state index in [1.807, 2.05) is 11.8 Å². The van der Waals surface area contributed by atoms with E-state index in [-0.39, 0.29) is 11.3 Å². The van der Waals surface area contributed by atoms with Crippen molar-refractivity contribution in [2.75, 3.05) is 26.2 Å². The summed E-state index contributed by atoms with van der Waals surface area (Å²) >= 11 is 0. The maximum absolute atomic E-state index is 13.4. The Kier molecular flexibility index (Phi) is 8.85. The Bertz CT molecular complexity index is 1140. The zero-order chi connectivity index (χ0) is 28.4. The number of rotatable bonds is 4. The minimum absolute atomic E-state index is 0.0312. The van der Waals surface area contributed by atoms with Crippen molar-refractivity contribution in [2.24, 2.45) is 5.92 Å². The smallest absolute Gasteiger partial charge is 0.475 e. The number of hydrogen-bond acceptors (Lipinski definition) is 6. The van der Waals surface area contributed by atoms with Gasteiger partial charge < -0.3 is 19.5 Å². The number of carbonyl (C=O) groups is 2. The van der Waals surface area contributed by atoms with Crippen LogP contribution in [0.4, 0.5) is 13.2 Å². The monoisotopic (exact) mass is 538 g/mol. The number of carboxylic acids is 1. The number of carbonyl (C=O) groups excluding carboxylic acids is 1. The predicted molar refractivity (Wildman–Crippen MR) is 135 cm³/mol. The summed E-state index contributed by atoms with van der Waals surface area (Å²) < 4.78 is 34.1. The van der Waals surface area contributed by atoms with Gasteiger partial charge in [0.2, 0.25) is 0 Å². The molecule has 1 N–H and O–H groups in total. The topological polar surface area (TPSA) is 104 Å². The molecule has 0 bridgehead atoms. The quantitative estimate of drug-likeness (QED) is 0.624. The Balaban J connectivity index is 0.000000505. The number of halogens is 3. The van der Waals surface area contributed by atoms with Crippen molar-refractivity contribution in [2.45, 2.75) is 78.6 Å². The molecule has 0 aromatic carbocycles. The van der Waals surface area contributed by atoms with E-state index in [9.17, 15) is 18.0 Å². The molecule has 1 fully saturated rings. The second-order valence-electron chi connectivity index (χ2n) is 10.9. The summed E-state index contributed by atoms with van der Waals surface area (Å²) in [5.74, 6) is -1.08. The van der Waals surface area contributed by atoms with Gasteiger partial charge in [0, 0.05) is 30.7 Å².